The predicted octanol–water partition coefficient (Wildman–Crippen LogP) is 3.36. The van der Waals surface area contributed by atoms with Crippen LogP contribution in [0.25, 0.3) is 0 Å². The molecule has 2 nitrogen and oxygen atoms in total. The molecule has 0 aromatic heterocycles. The Bertz CT molecular complexity index is 206. The second-order valence-electron chi connectivity index (χ2n) is 5.62. The predicted molar refractivity (Wildman–Crippen MR) is 71.0 cm³/mol. The van der Waals surface area contributed by atoms with Crippen LogP contribution in [-0.2, 0) is 4.74 Å². The second-order valence-corrected chi connectivity index (χ2v) is 6.79. The first-order valence-corrected chi connectivity index (χ1v) is 7.20. The van der Waals surface area contributed by atoms with E-state index >= 15 is 0 Å². The lowest BCUT2D eigenvalue weighted by molar-refractivity contribution is 0.0203. The van der Waals surface area contributed by atoms with Crippen LogP contribution in [0.15, 0.2) is 0 Å². The Kier molecular flexibility index (Phi) is 5.75. The van der Waals surface area contributed by atoms with Gasteiger partial charge in [0.15, 0.2) is 0 Å². The van der Waals surface area contributed by atoms with Gasteiger partial charge in [-0.25, -0.2) is 0 Å². The highest BCUT2D eigenvalue weighted by atomic mass is 79.9. The average molecular weight is 293 g/mol. The molecule has 3 heteroatoms. The van der Waals surface area contributed by atoms with Gasteiger partial charge in [-0.05, 0) is 43.4 Å². The minimum atomic E-state index is 0.310. The summed E-state index contributed by atoms with van der Waals surface area (Å²) in [6, 6.07) is 0. The van der Waals surface area contributed by atoms with Crippen LogP contribution in [0.5, 0.6) is 0 Å². The Morgan fingerprint density at radius 2 is 2.06 bits per heavy atom. The van der Waals surface area contributed by atoms with Crippen LogP contribution in [0.1, 0.15) is 46.0 Å². The zero-order valence-electron chi connectivity index (χ0n) is 10.7. The molecule has 0 spiro atoms. The maximum absolute atomic E-state index is 8.94. The van der Waals surface area contributed by atoms with Crippen molar-refractivity contribution in [1.29, 1.82) is 0 Å². The van der Waals surface area contributed by atoms with Crippen molar-refractivity contribution in [2.24, 2.45) is 11.3 Å². The molecular weight excluding hydrogens is 268 g/mol. The molecule has 3 unspecified atom stereocenters. The molecular formula is C13H25BrO2. The highest BCUT2D eigenvalue weighted by molar-refractivity contribution is 9.09. The molecule has 1 aliphatic carbocycles. The largest absolute Gasteiger partial charge is 0.396 e. The third-order valence-corrected chi connectivity index (χ3v) is 5.15. The molecule has 0 aromatic carbocycles. The van der Waals surface area contributed by atoms with E-state index in [4.69, 9.17) is 9.84 Å². The molecule has 0 aliphatic heterocycles. The van der Waals surface area contributed by atoms with E-state index in [0.717, 1.165) is 25.2 Å². The van der Waals surface area contributed by atoms with E-state index in [1.165, 1.54) is 12.8 Å². The van der Waals surface area contributed by atoms with Crippen molar-refractivity contribution in [3.63, 3.8) is 0 Å². The summed E-state index contributed by atoms with van der Waals surface area (Å²) in [4.78, 5) is 0.516. The van der Waals surface area contributed by atoms with E-state index < -0.39 is 0 Å². The van der Waals surface area contributed by atoms with Gasteiger partial charge in [0, 0.05) is 18.5 Å². The van der Waals surface area contributed by atoms with E-state index in [2.05, 4.69) is 29.8 Å². The van der Waals surface area contributed by atoms with Crippen LogP contribution in [0.2, 0.25) is 0 Å². The van der Waals surface area contributed by atoms with Gasteiger partial charge in [0.2, 0.25) is 0 Å². The topological polar surface area (TPSA) is 29.5 Å². The molecule has 0 amide bonds. The molecule has 96 valence electrons. The lowest BCUT2D eigenvalue weighted by Gasteiger charge is -2.41. The first-order chi connectivity index (χ1) is 7.51. The summed E-state index contributed by atoms with van der Waals surface area (Å²) in [7, 11) is 1.81. The molecule has 3 atom stereocenters. The Morgan fingerprint density at radius 3 is 2.62 bits per heavy atom. The zero-order chi connectivity index (χ0) is 12.2. The molecule has 0 bridgehead atoms. The fourth-order valence-electron chi connectivity index (χ4n) is 2.78. The third kappa shape index (κ3) is 3.71. The third-order valence-electron chi connectivity index (χ3n) is 4.10. The van der Waals surface area contributed by atoms with E-state index in [0.29, 0.717) is 23.0 Å². The monoisotopic (exact) mass is 292 g/mol. The van der Waals surface area contributed by atoms with E-state index in [9.17, 15) is 0 Å². The minimum absolute atomic E-state index is 0.310. The van der Waals surface area contributed by atoms with Gasteiger partial charge in [0.05, 0.1) is 6.10 Å². The van der Waals surface area contributed by atoms with Gasteiger partial charge in [-0.1, -0.05) is 29.8 Å². The van der Waals surface area contributed by atoms with E-state index in [1.54, 1.807) is 0 Å². The zero-order valence-corrected chi connectivity index (χ0v) is 12.3. The number of rotatable bonds is 5. The van der Waals surface area contributed by atoms with Crippen LogP contribution in [-0.4, -0.2) is 29.8 Å². The van der Waals surface area contributed by atoms with Crippen molar-refractivity contribution >= 4 is 15.9 Å². The van der Waals surface area contributed by atoms with Crippen LogP contribution in [0.3, 0.4) is 0 Å². The average Bonchev–Trinajstić information content (AvgIpc) is 2.27. The van der Waals surface area contributed by atoms with Crippen molar-refractivity contribution in [2.75, 3.05) is 13.7 Å². The quantitative estimate of drug-likeness (QED) is 0.788. The number of methoxy groups -OCH3 is 1. The Hall–Kier alpha value is 0.400. The number of ether oxygens (including phenoxy) is 1. The number of aliphatic hydroxyl groups excluding tert-OH is 1. The summed E-state index contributed by atoms with van der Waals surface area (Å²) >= 11 is 3.70. The van der Waals surface area contributed by atoms with Gasteiger partial charge in [-0.2, -0.15) is 0 Å². The molecule has 16 heavy (non-hydrogen) atoms. The molecule has 0 heterocycles. The summed E-state index contributed by atoms with van der Waals surface area (Å²) in [6.07, 6.45) is 5.99. The van der Waals surface area contributed by atoms with E-state index in [-0.39, 0.29) is 0 Å². The van der Waals surface area contributed by atoms with Crippen molar-refractivity contribution in [3.05, 3.63) is 0 Å². The first kappa shape index (κ1) is 14.5. The van der Waals surface area contributed by atoms with Crippen molar-refractivity contribution < 1.29 is 9.84 Å². The maximum atomic E-state index is 8.94. The Labute approximate surface area is 108 Å². The van der Waals surface area contributed by atoms with E-state index in [1.807, 2.05) is 7.11 Å². The highest BCUT2D eigenvalue weighted by Crippen LogP contribution is 2.43. The number of halogens is 1. The van der Waals surface area contributed by atoms with Crippen LogP contribution >= 0.6 is 15.9 Å². The molecule has 0 aromatic rings. The first-order valence-electron chi connectivity index (χ1n) is 6.29. The number of hydrogen-bond donors (Lipinski definition) is 1. The van der Waals surface area contributed by atoms with Gasteiger partial charge >= 0.3 is 0 Å². The molecule has 1 aliphatic rings. The smallest absolute Gasteiger partial charge is 0.0699 e. The van der Waals surface area contributed by atoms with Crippen LogP contribution in [0.4, 0.5) is 0 Å². The molecule has 1 saturated carbocycles. The lowest BCUT2D eigenvalue weighted by atomic mass is 9.68. The summed E-state index contributed by atoms with van der Waals surface area (Å²) < 4.78 is 5.54. The SMILES string of the molecule is COC1CC(C(C)(C)CCCO)CCC1Br. The summed E-state index contributed by atoms with van der Waals surface area (Å²) in [5, 5.41) is 8.94. The van der Waals surface area contributed by atoms with Gasteiger partial charge in [-0.15, -0.1) is 0 Å². The molecule has 0 radical (unpaired) electrons. The van der Waals surface area contributed by atoms with Crippen LogP contribution in [0, 0.1) is 11.3 Å². The molecule has 1 rings (SSSR count). The fraction of sp³-hybridized carbons (Fsp3) is 1.00. The highest BCUT2D eigenvalue weighted by Gasteiger charge is 2.36. The molecule has 0 saturated heterocycles. The van der Waals surface area contributed by atoms with Crippen LogP contribution < -0.4 is 0 Å². The summed E-state index contributed by atoms with van der Waals surface area (Å²) in [5.74, 6) is 0.720. The van der Waals surface area contributed by atoms with Gasteiger partial charge in [0.25, 0.3) is 0 Å². The Balaban J connectivity index is 2.53. The number of aliphatic hydroxyl groups is 1. The molecule has 1 N–H and O–H groups in total. The molecule has 1 fully saturated rings. The maximum Gasteiger partial charge on any atom is 0.0699 e. The van der Waals surface area contributed by atoms with Gasteiger partial charge in [0.1, 0.15) is 0 Å². The van der Waals surface area contributed by atoms with Gasteiger partial charge in [-0.3, -0.25) is 0 Å². The standard InChI is InChI=1S/C13H25BrO2/c1-13(2,7-4-8-15)10-5-6-11(14)12(9-10)16-3/h10-12,15H,4-9H2,1-3H3. The van der Waals surface area contributed by atoms with Crippen molar-refractivity contribution in [2.45, 2.75) is 56.9 Å². The summed E-state index contributed by atoms with van der Waals surface area (Å²) in [5.41, 5.74) is 0.326. The fourth-order valence-corrected chi connectivity index (χ4v) is 3.48. The van der Waals surface area contributed by atoms with Gasteiger partial charge < -0.3 is 9.84 Å². The Morgan fingerprint density at radius 1 is 1.38 bits per heavy atom. The van der Waals surface area contributed by atoms with Crippen molar-refractivity contribution in [1.82, 2.24) is 0 Å². The lowest BCUT2D eigenvalue weighted by Crippen LogP contribution is -2.37. The normalized spacial score (nSPS) is 31.7. The number of alkyl halides is 1. The number of hydrogen-bond acceptors (Lipinski definition) is 2. The van der Waals surface area contributed by atoms with Crippen molar-refractivity contribution in [3.8, 4) is 0 Å². The minimum Gasteiger partial charge on any atom is -0.396 e. The summed E-state index contributed by atoms with van der Waals surface area (Å²) in [6.45, 7) is 4.97. The second kappa shape index (κ2) is 6.36.